The Kier molecular flexibility index (Phi) is 4.19. The van der Waals surface area contributed by atoms with Gasteiger partial charge in [0.15, 0.2) is 5.96 Å². The van der Waals surface area contributed by atoms with Gasteiger partial charge in [-0.1, -0.05) is 12.1 Å². The van der Waals surface area contributed by atoms with Gasteiger partial charge in [0, 0.05) is 13.1 Å². The van der Waals surface area contributed by atoms with Gasteiger partial charge in [-0.05, 0) is 12.1 Å². The summed E-state index contributed by atoms with van der Waals surface area (Å²) in [7, 11) is 0. The lowest BCUT2D eigenvalue weighted by Gasteiger charge is -2.29. The smallest absolute Gasteiger partial charge is 0.223 e. The van der Waals surface area contributed by atoms with Crippen LogP contribution in [-0.4, -0.2) is 38.2 Å². The van der Waals surface area contributed by atoms with Crippen LogP contribution in [0.2, 0.25) is 0 Å². The number of anilines is 1. The van der Waals surface area contributed by atoms with Gasteiger partial charge < -0.3 is 26.8 Å². The second-order valence-electron chi connectivity index (χ2n) is 4.09. The Labute approximate surface area is 111 Å². The van der Waals surface area contributed by atoms with E-state index < -0.39 is 0 Å². The van der Waals surface area contributed by atoms with Crippen molar-refractivity contribution < 1.29 is 4.74 Å². The molecule has 0 bridgehead atoms. The van der Waals surface area contributed by atoms with Crippen molar-refractivity contribution in [2.75, 3.05) is 31.2 Å². The number of rotatable bonds is 2. The number of guanidine groups is 2. The first-order valence-corrected chi connectivity index (χ1v) is 6.02. The molecule has 1 saturated heterocycles. The van der Waals surface area contributed by atoms with Crippen LogP contribution in [0, 0.1) is 0 Å². The summed E-state index contributed by atoms with van der Waals surface area (Å²) in [4.78, 5) is 10.2. The third kappa shape index (κ3) is 3.59. The van der Waals surface area contributed by atoms with Crippen molar-refractivity contribution >= 4 is 23.3 Å². The summed E-state index contributed by atoms with van der Waals surface area (Å²) in [5.41, 5.74) is 17.9. The maximum atomic E-state index is 5.66. The highest BCUT2D eigenvalue weighted by Crippen LogP contribution is 2.28. The normalized spacial score (nSPS) is 16.2. The van der Waals surface area contributed by atoms with E-state index in [1.807, 2.05) is 24.3 Å². The van der Waals surface area contributed by atoms with Crippen LogP contribution < -0.4 is 22.1 Å². The Hall–Kier alpha value is -2.28. The van der Waals surface area contributed by atoms with Crippen molar-refractivity contribution in [2.24, 2.45) is 27.2 Å². The molecule has 1 aromatic carbocycles. The molecule has 1 aliphatic rings. The van der Waals surface area contributed by atoms with Crippen molar-refractivity contribution in [3.63, 3.8) is 0 Å². The lowest BCUT2D eigenvalue weighted by molar-refractivity contribution is 0.123. The van der Waals surface area contributed by atoms with E-state index in [9.17, 15) is 0 Å². The van der Waals surface area contributed by atoms with E-state index in [0.29, 0.717) is 13.2 Å². The van der Waals surface area contributed by atoms with Crippen LogP contribution in [-0.2, 0) is 4.74 Å². The summed E-state index contributed by atoms with van der Waals surface area (Å²) < 4.78 is 5.34. The van der Waals surface area contributed by atoms with E-state index in [1.165, 1.54) is 0 Å². The zero-order chi connectivity index (χ0) is 13.7. The van der Waals surface area contributed by atoms with Gasteiger partial charge in [0.25, 0.3) is 0 Å². The SMILES string of the molecule is NC(N)=NC(N)=Nc1ccccc1N1CCOCC1. The summed E-state index contributed by atoms with van der Waals surface area (Å²) in [5, 5.41) is 0. The highest BCUT2D eigenvalue weighted by atomic mass is 16.5. The van der Waals surface area contributed by atoms with Crippen molar-refractivity contribution in [3.8, 4) is 0 Å². The van der Waals surface area contributed by atoms with E-state index in [-0.39, 0.29) is 11.9 Å². The molecule has 1 fully saturated rings. The van der Waals surface area contributed by atoms with Crippen LogP contribution in [0.15, 0.2) is 34.3 Å². The maximum Gasteiger partial charge on any atom is 0.223 e. The van der Waals surface area contributed by atoms with Crippen LogP contribution in [0.1, 0.15) is 0 Å². The zero-order valence-electron chi connectivity index (χ0n) is 10.6. The van der Waals surface area contributed by atoms with Gasteiger partial charge in [0.2, 0.25) is 5.96 Å². The Morgan fingerprint density at radius 2 is 1.79 bits per heavy atom. The summed E-state index contributed by atoms with van der Waals surface area (Å²) in [6, 6.07) is 7.72. The monoisotopic (exact) mass is 262 g/mol. The van der Waals surface area contributed by atoms with E-state index in [0.717, 1.165) is 24.5 Å². The van der Waals surface area contributed by atoms with Gasteiger partial charge in [-0.3, -0.25) is 0 Å². The lowest BCUT2D eigenvalue weighted by Crippen LogP contribution is -2.36. The number of hydrogen-bond donors (Lipinski definition) is 3. The molecule has 0 radical (unpaired) electrons. The van der Waals surface area contributed by atoms with Crippen LogP contribution in [0.25, 0.3) is 0 Å². The molecule has 0 atom stereocenters. The third-order valence-corrected chi connectivity index (χ3v) is 2.71. The second-order valence-corrected chi connectivity index (χ2v) is 4.09. The molecular weight excluding hydrogens is 244 g/mol. The molecule has 1 heterocycles. The highest BCUT2D eigenvalue weighted by Gasteiger charge is 2.14. The van der Waals surface area contributed by atoms with E-state index in [2.05, 4.69) is 14.9 Å². The third-order valence-electron chi connectivity index (χ3n) is 2.71. The minimum atomic E-state index is -0.106. The highest BCUT2D eigenvalue weighted by molar-refractivity contribution is 5.94. The predicted octanol–water partition coefficient (Wildman–Crippen LogP) is -0.257. The fourth-order valence-corrected chi connectivity index (χ4v) is 1.91. The molecule has 0 spiro atoms. The van der Waals surface area contributed by atoms with Gasteiger partial charge in [-0.2, -0.15) is 4.99 Å². The second kappa shape index (κ2) is 6.05. The number of para-hydroxylation sites is 2. The van der Waals surface area contributed by atoms with Crippen LogP contribution in [0.4, 0.5) is 11.4 Å². The van der Waals surface area contributed by atoms with Gasteiger partial charge in [0.1, 0.15) is 0 Å². The molecule has 0 aliphatic carbocycles. The van der Waals surface area contributed by atoms with Crippen LogP contribution >= 0.6 is 0 Å². The summed E-state index contributed by atoms with van der Waals surface area (Å²) >= 11 is 0. The molecule has 0 saturated carbocycles. The van der Waals surface area contributed by atoms with E-state index in [1.54, 1.807) is 0 Å². The maximum absolute atomic E-state index is 5.66. The van der Waals surface area contributed by atoms with E-state index in [4.69, 9.17) is 21.9 Å². The Balaban J connectivity index is 2.27. The Morgan fingerprint density at radius 3 is 2.47 bits per heavy atom. The van der Waals surface area contributed by atoms with E-state index >= 15 is 0 Å². The molecule has 0 amide bonds. The van der Waals surface area contributed by atoms with Gasteiger partial charge >= 0.3 is 0 Å². The number of hydrogen-bond acceptors (Lipinski definition) is 3. The van der Waals surface area contributed by atoms with Gasteiger partial charge in [-0.15, -0.1) is 0 Å². The van der Waals surface area contributed by atoms with Crippen molar-refractivity contribution in [1.29, 1.82) is 0 Å². The first kappa shape index (κ1) is 13.2. The topological polar surface area (TPSA) is 115 Å². The molecule has 0 unspecified atom stereocenters. The molecular formula is C12H18N6O. The number of benzene rings is 1. The molecule has 0 aromatic heterocycles. The number of nitrogens with two attached hydrogens (primary N) is 3. The molecule has 1 aliphatic heterocycles. The quantitative estimate of drug-likeness (QED) is 0.502. The van der Waals surface area contributed by atoms with Crippen molar-refractivity contribution in [2.45, 2.75) is 0 Å². The fraction of sp³-hybridized carbons (Fsp3) is 0.333. The zero-order valence-corrected chi connectivity index (χ0v) is 10.6. The minimum Gasteiger partial charge on any atom is -0.378 e. The average molecular weight is 262 g/mol. The minimum absolute atomic E-state index is 0.0423. The standard InChI is InChI=1S/C12H18N6O/c13-11(14)17-12(15)16-9-3-1-2-4-10(9)18-5-7-19-8-6-18/h1-4H,5-8H2,(H6,13,14,15,16,17). The average Bonchev–Trinajstić information content (AvgIpc) is 2.39. The number of morpholine rings is 1. The van der Waals surface area contributed by atoms with Crippen LogP contribution in [0.3, 0.4) is 0 Å². The van der Waals surface area contributed by atoms with Gasteiger partial charge in [0.05, 0.1) is 24.6 Å². The first-order chi connectivity index (χ1) is 9.16. The molecule has 6 N–H and O–H groups in total. The molecule has 102 valence electrons. The molecule has 19 heavy (non-hydrogen) atoms. The summed E-state index contributed by atoms with van der Waals surface area (Å²) in [5.74, 6) is -0.0641. The molecule has 1 aromatic rings. The summed E-state index contributed by atoms with van der Waals surface area (Å²) in [6.07, 6.45) is 0. The Bertz CT molecular complexity index is 489. The number of aliphatic imine (C=N–C) groups is 2. The molecule has 7 nitrogen and oxygen atoms in total. The Morgan fingerprint density at radius 1 is 1.11 bits per heavy atom. The predicted molar refractivity (Wildman–Crippen MR) is 76.6 cm³/mol. The molecule has 2 rings (SSSR count). The van der Waals surface area contributed by atoms with Crippen LogP contribution in [0.5, 0.6) is 0 Å². The summed E-state index contributed by atoms with van der Waals surface area (Å²) in [6.45, 7) is 3.08. The van der Waals surface area contributed by atoms with Crippen molar-refractivity contribution in [3.05, 3.63) is 24.3 Å². The largest absolute Gasteiger partial charge is 0.378 e. The van der Waals surface area contributed by atoms with Gasteiger partial charge in [-0.25, -0.2) is 4.99 Å². The lowest BCUT2D eigenvalue weighted by atomic mass is 10.2. The fourth-order valence-electron chi connectivity index (χ4n) is 1.91. The number of ether oxygens (including phenoxy) is 1. The first-order valence-electron chi connectivity index (χ1n) is 6.02. The number of nitrogens with zero attached hydrogens (tertiary/aromatic N) is 3. The van der Waals surface area contributed by atoms with Crippen molar-refractivity contribution in [1.82, 2.24) is 0 Å². The molecule has 7 heteroatoms.